The molecular weight excluding hydrogens is 174 g/mol. The Hall–Kier alpha value is -1.15. The van der Waals surface area contributed by atoms with Crippen molar-refractivity contribution in [3.8, 4) is 0 Å². The second-order valence-corrected chi connectivity index (χ2v) is 3.66. The standard InChI is InChI=1S/C12H17NO/c1-4-12(10-14,13(2)3)11-8-6-5-7-9-11/h5-10H,4H2,1-3H3. The predicted octanol–water partition coefficient (Wildman–Crippen LogP) is 2.05. The van der Waals surface area contributed by atoms with Gasteiger partial charge in [-0.05, 0) is 26.1 Å². The maximum Gasteiger partial charge on any atom is 0.144 e. The molecule has 14 heavy (non-hydrogen) atoms. The molecule has 1 rings (SSSR count). The zero-order chi connectivity index (χ0) is 10.6. The maximum atomic E-state index is 11.3. The van der Waals surface area contributed by atoms with E-state index in [1.54, 1.807) is 0 Å². The third kappa shape index (κ3) is 1.70. The van der Waals surface area contributed by atoms with Crippen LogP contribution in [-0.2, 0) is 10.3 Å². The van der Waals surface area contributed by atoms with Crippen LogP contribution in [0.4, 0.5) is 0 Å². The summed E-state index contributed by atoms with van der Waals surface area (Å²) >= 11 is 0. The van der Waals surface area contributed by atoms with Crippen molar-refractivity contribution in [1.29, 1.82) is 0 Å². The van der Waals surface area contributed by atoms with Crippen LogP contribution in [0, 0.1) is 0 Å². The molecule has 1 aromatic carbocycles. The van der Waals surface area contributed by atoms with Gasteiger partial charge in [0.25, 0.3) is 0 Å². The van der Waals surface area contributed by atoms with E-state index in [9.17, 15) is 4.79 Å². The number of nitrogens with zero attached hydrogens (tertiary/aromatic N) is 1. The normalized spacial score (nSPS) is 15.1. The third-order valence-electron chi connectivity index (χ3n) is 2.81. The summed E-state index contributed by atoms with van der Waals surface area (Å²) in [7, 11) is 3.87. The first-order chi connectivity index (χ1) is 6.67. The number of rotatable bonds is 4. The smallest absolute Gasteiger partial charge is 0.144 e. The highest BCUT2D eigenvalue weighted by Crippen LogP contribution is 2.27. The van der Waals surface area contributed by atoms with Crippen molar-refractivity contribution in [3.05, 3.63) is 35.9 Å². The lowest BCUT2D eigenvalue weighted by atomic mass is 9.87. The zero-order valence-electron chi connectivity index (χ0n) is 9.03. The molecule has 0 bridgehead atoms. The van der Waals surface area contributed by atoms with Crippen molar-refractivity contribution in [2.24, 2.45) is 0 Å². The topological polar surface area (TPSA) is 20.3 Å². The number of hydrogen-bond donors (Lipinski definition) is 0. The van der Waals surface area contributed by atoms with Gasteiger partial charge in [-0.1, -0.05) is 37.3 Å². The first-order valence-corrected chi connectivity index (χ1v) is 4.86. The van der Waals surface area contributed by atoms with Crippen molar-refractivity contribution in [3.63, 3.8) is 0 Å². The monoisotopic (exact) mass is 191 g/mol. The molecule has 1 aromatic rings. The molecule has 0 aliphatic rings. The molecule has 0 saturated heterocycles. The molecule has 2 heteroatoms. The van der Waals surface area contributed by atoms with Crippen LogP contribution in [0.2, 0.25) is 0 Å². The number of aldehydes is 1. The van der Waals surface area contributed by atoms with Crippen LogP contribution in [0.3, 0.4) is 0 Å². The molecule has 0 saturated carbocycles. The largest absolute Gasteiger partial charge is 0.301 e. The Morgan fingerprint density at radius 3 is 2.21 bits per heavy atom. The van der Waals surface area contributed by atoms with Crippen molar-refractivity contribution in [2.45, 2.75) is 18.9 Å². The fraction of sp³-hybridized carbons (Fsp3) is 0.417. The van der Waals surface area contributed by atoms with Crippen molar-refractivity contribution >= 4 is 6.29 Å². The van der Waals surface area contributed by atoms with Gasteiger partial charge in [0.1, 0.15) is 11.8 Å². The SMILES string of the molecule is CCC(C=O)(c1ccccc1)N(C)C. The van der Waals surface area contributed by atoms with Crippen LogP contribution in [0.25, 0.3) is 0 Å². The third-order valence-corrected chi connectivity index (χ3v) is 2.81. The van der Waals surface area contributed by atoms with Gasteiger partial charge in [-0.25, -0.2) is 0 Å². The van der Waals surface area contributed by atoms with Crippen LogP contribution < -0.4 is 0 Å². The molecule has 1 unspecified atom stereocenters. The highest BCUT2D eigenvalue weighted by atomic mass is 16.1. The summed E-state index contributed by atoms with van der Waals surface area (Å²) in [6.07, 6.45) is 1.82. The summed E-state index contributed by atoms with van der Waals surface area (Å²) in [5.74, 6) is 0. The van der Waals surface area contributed by atoms with Gasteiger partial charge in [-0.3, -0.25) is 4.90 Å². The molecule has 0 fully saturated rings. The summed E-state index contributed by atoms with van der Waals surface area (Å²) in [5.41, 5.74) is 0.587. The molecule has 1 atom stereocenters. The number of hydrogen-bond acceptors (Lipinski definition) is 2. The van der Waals surface area contributed by atoms with Crippen LogP contribution in [-0.4, -0.2) is 25.3 Å². The number of carbonyl (C=O) groups excluding carboxylic acids is 1. The molecule has 2 nitrogen and oxygen atoms in total. The quantitative estimate of drug-likeness (QED) is 0.679. The molecular formula is C12H17NO. The summed E-state index contributed by atoms with van der Waals surface area (Å²) in [6.45, 7) is 2.03. The van der Waals surface area contributed by atoms with Crippen molar-refractivity contribution in [2.75, 3.05) is 14.1 Å². The second kappa shape index (κ2) is 4.38. The van der Waals surface area contributed by atoms with Gasteiger partial charge >= 0.3 is 0 Å². The Morgan fingerprint density at radius 2 is 1.86 bits per heavy atom. The lowest BCUT2D eigenvalue weighted by molar-refractivity contribution is -0.118. The van der Waals surface area contributed by atoms with Gasteiger partial charge in [0.2, 0.25) is 0 Å². The van der Waals surface area contributed by atoms with Crippen LogP contribution >= 0.6 is 0 Å². The average molecular weight is 191 g/mol. The van der Waals surface area contributed by atoms with E-state index in [1.807, 2.05) is 56.3 Å². The van der Waals surface area contributed by atoms with E-state index < -0.39 is 5.54 Å². The predicted molar refractivity (Wildman–Crippen MR) is 58.2 cm³/mol. The molecule has 0 heterocycles. The molecule has 0 aliphatic heterocycles. The highest BCUT2D eigenvalue weighted by molar-refractivity contribution is 5.67. The van der Waals surface area contributed by atoms with Gasteiger partial charge < -0.3 is 4.79 Å². The molecule has 0 spiro atoms. The minimum absolute atomic E-state index is 0.471. The maximum absolute atomic E-state index is 11.3. The molecule has 0 radical (unpaired) electrons. The van der Waals surface area contributed by atoms with Crippen LogP contribution in [0.1, 0.15) is 18.9 Å². The van der Waals surface area contributed by atoms with E-state index in [4.69, 9.17) is 0 Å². The first-order valence-electron chi connectivity index (χ1n) is 4.86. The van der Waals surface area contributed by atoms with E-state index in [-0.39, 0.29) is 0 Å². The minimum Gasteiger partial charge on any atom is -0.301 e. The van der Waals surface area contributed by atoms with E-state index >= 15 is 0 Å². The van der Waals surface area contributed by atoms with Crippen molar-refractivity contribution in [1.82, 2.24) is 4.90 Å². The Labute approximate surface area is 85.5 Å². The highest BCUT2D eigenvalue weighted by Gasteiger charge is 2.31. The van der Waals surface area contributed by atoms with Crippen molar-refractivity contribution < 1.29 is 4.79 Å². The molecule has 0 N–H and O–H groups in total. The second-order valence-electron chi connectivity index (χ2n) is 3.66. The summed E-state index contributed by atoms with van der Waals surface area (Å²) in [5, 5.41) is 0. The zero-order valence-corrected chi connectivity index (χ0v) is 9.03. The lowest BCUT2D eigenvalue weighted by Gasteiger charge is -2.34. The van der Waals surface area contributed by atoms with E-state index in [1.165, 1.54) is 0 Å². The van der Waals surface area contributed by atoms with E-state index in [2.05, 4.69) is 0 Å². The Morgan fingerprint density at radius 1 is 1.29 bits per heavy atom. The van der Waals surface area contributed by atoms with E-state index in [0.717, 1.165) is 18.3 Å². The van der Waals surface area contributed by atoms with E-state index in [0.29, 0.717) is 0 Å². The van der Waals surface area contributed by atoms with Gasteiger partial charge in [0.15, 0.2) is 0 Å². The molecule has 76 valence electrons. The number of benzene rings is 1. The fourth-order valence-electron chi connectivity index (χ4n) is 1.76. The molecule has 0 aromatic heterocycles. The van der Waals surface area contributed by atoms with Crippen LogP contribution in [0.5, 0.6) is 0 Å². The summed E-state index contributed by atoms with van der Waals surface area (Å²) in [4.78, 5) is 13.2. The summed E-state index contributed by atoms with van der Waals surface area (Å²) in [6, 6.07) is 9.89. The Kier molecular flexibility index (Phi) is 3.42. The van der Waals surface area contributed by atoms with Gasteiger partial charge in [0, 0.05) is 0 Å². The minimum atomic E-state index is -0.471. The summed E-state index contributed by atoms with van der Waals surface area (Å²) < 4.78 is 0. The fourth-order valence-corrected chi connectivity index (χ4v) is 1.76. The number of likely N-dealkylation sites (N-methyl/N-ethyl adjacent to an activating group) is 1. The molecule has 0 amide bonds. The van der Waals surface area contributed by atoms with Gasteiger partial charge in [-0.15, -0.1) is 0 Å². The Balaban J connectivity index is 3.17. The van der Waals surface area contributed by atoms with Crippen LogP contribution in [0.15, 0.2) is 30.3 Å². The molecule has 0 aliphatic carbocycles. The number of carbonyl (C=O) groups is 1. The first kappa shape index (κ1) is 10.9. The lowest BCUT2D eigenvalue weighted by Crippen LogP contribution is -2.42. The Bertz CT molecular complexity index is 294. The van der Waals surface area contributed by atoms with Gasteiger partial charge in [-0.2, -0.15) is 0 Å². The average Bonchev–Trinajstić information content (AvgIpc) is 2.22. The van der Waals surface area contributed by atoms with Gasteiger partial charge in [0.05, 0.1) is 0 Å².